The van der Waals surface area contributed by atoms with Crippen molar-refractivity contribution in [2.45, 2.75) is 18.4 Å². The van der Waals surface area contributed by atoms with E-state index >= 15 is 0 Å². The van der Waals surface area contributed by atoms with Gasteiger partial charge in [-0.1, -0.05) is 23.4 Å². The highest BCUT2D eigenvalue weighted by Gasteiger charge is 2.37. The van der Waals surface area contributed by atoms with Gasteiger partial charge >= 0.3 is 0 Å². The van der Waals surface area contributed by atoms with Crippen molar-refractivity contribution in [1.29, 1.82) is 0 Å². The third-order valence-corrected chi connectivity index (χ3v) is 4.72. The zero-order chi connectivity index (χ0) is 13.3. The molecule has 0 aliphatic carbocycles. The van der Waals surface area contributed by atoms with Crippen LogP contribution in [0, 0.1) is 5.82 Å². The van der Waals surface area contributed by atoms with Gasteiger partial charge in [-0.05, 0) is 31.0 Å². The molecule has 0 atom stereocenters. The monoisotopic (exact) mass is 300 g/mol. The summed E-state index contributed by atoms with van der Waals surface area (Å²) in [6.07, 6.45) is 1.91. The Balaban J connectivity index is 1.75. The number of hydrogen-bond donors (Lipinski definition) is 1. The fourth-order valence-corrected chi connectivity index (χ4v) is 3.73. The minimum atomic E-state index is -0.348. The number of anilines is 1. The van der Waals surface area contributed by atoms with Gasteiger partial charge in [0.1, 0.15) is 5.82 Å². The molecule has 0 saturated carbocycles. The average molecular weight is 301 g/mol. The number of ether oxygens (including phenoxy) is 1. The fourth-order valence-electron chi connectivity index (χ4n) is 2.30. The molecule has 0 bridgehead atoms. The SMILES string of the molecule is Fc1cc(Cl)cc(NC2=NC3(CCOCC3)CS2)c1. The second-order valence-electron chi connectivity index (χ2n) is 4.83. The van der Waals surface area contributed by atoms with E-state index in [4.69, 9.17) is 21.3 Å². The van der Waals surface area contributed by atoms with Gasteiger partial charge in [0.25, 0.3) is 0 Å². The molecule has 19 heavy (non-hydrogen) atoms. The average Bonchev–Trinajstić information content (AvgIpc) is 2.71. The molecule has 2 aliphatic heterocycles. The maximum Gasteiger partial charge on any atom is 0.161 e. The Morgan fingerprint density at radius 3 is 2.84 bits per heavy atom. The number of nitrogens with zero attached hydrogens (tertiary/aromatic N) is 1. The van der Waals surface area contributed by atoms with Crippen molar-refractivity contribution in [3.05, 3.63) is 29.0 Å². The Labute approximate surface area is 120 Å². The number of benzene rings is 1. The molecule has 1 fully saturated rings. The lowest BCUT2D eigenvalue weighted by atomic mass is 9.93. The van der Waals surface area contributed by atoms with Crippen molar-refractivity contribution in [1.82, 2.24) is 0 Å². The Kier molecular flexibility index (Phi) is 3.69. The minimum absolute atomic E-state index is 0.00235. The molecule has 1 saturated heterocycles. The van der Waals surface area contributed by atoms with Crippen LogP contribution in [0.2, 0.25) is 5.02 Å². The van der Waals surface area contributed by atoms with Crippen LogP contribution >= 0.6 is 23.4 Å². The maximum absolute atomic E-state index is 13.3. The summed E-state index contributed by atoms with van der Waals surface area (Å²) in [5.41, 5.74) is 0.642. The second kappa shape index (κ2) is 5.31. The van der Waals surface area contributed by atoms with Crippen LogP contribution in [0.3, 0.4) is 0 Å². The van der Waals surface area contributed by atoms with Crippen molar-refractivity contribution in [2.75, 3.05) is 24.3 Å². The molecule has 3 rings (SSSR count). The first-order valence-corrected chi connectivity index (χ1v) is 7.55. The van der Waals surface area contributed by atoms with Gasteiger partial charge in [-0.25, -0.2) is 4.39 Å². The molecule has 1 N–H and O–H groups in total. The van der Waals surface area contributed by atoms with E-state index in [1.165, 1.54) is 12.1 Å². The number of nitrogens with one attached hydrogen (secondary N) is 1. The van der Waals surface area contributed by atoms with E-state index in [1.807, 2.05) is 0 Å². The molecular formula is C13H14ClFN2OS. The molecule has 0 amide bonds. The highest BCUT2D eigenvalue weighted by Crippen LogP contribution is 2.36. The summed E-state index contributed by atoms with van der Waals surface area (Å²) in [6.45, 7) is 1.53. The van der Waals surface area contributed by atoms with Crippen LogP contribution < -0.4 is 5.32 Å². The van der Waals surface area contributed by atoms with Gasteiger partial charge in [0, 0.05) is 29.7 Å². The van der Waals surface area contributed by atoms with Crippen molar-refractivity contribution in [3.63, 3.8) is 0 Å². The van der Waals surface area contributed by atoms with Gasteiger partial charge in [-0.15, -0.1) is 0 Å². The topological polar surface area (TPSA) is 33.6 Å². The molecule has 1 spiro atoms. The van der Waals surface area contributed by atoms with Gasteiger partial charge < -0.3 is 10.1 Å². The number of halogens is 2. The molecule has 102 valence electrons. The number of thioether (sulfide) groups is 1. The summed E-state index contributed by atoms with van der Waals surface area (Å²) >= 11 is 7.51. The summed E-state index contributed by atoms with van der Waals surface area (Å²) in [7, 11) is 0. The van der Waals surface area contributed by atoms with E-state index in [1.54, 1.807) is 17.8 Å². The second-order valence-corrected chi connectivity index (χ2v) is 6.23. The molecule has 0 aromatic heterocycles. The summed E-state index contributed by atoms with van der Waals surface area (Å²) < 4.78 is 18.6. The molecule has 6 heteroatoms. The summed E-state index contributed by atoms with van der Waals surface area (Å²) in [4.78, 5) is 4.76. The lowest BCUT2D eigenvalue weighted by Gasteiger charge is -2.29. The third-order valence-electron chi connectivity index (χ3n) is 3.35. The van der Waals surface area contributed by atoms with Crippen LogP contribution in [0.15, 0.2) is 23.2 Å². The Morgan fingerprint density at radius 2 is 2.11 bits per heavy atom. The van der Waals surface area contributed by atoms with Crippen LogP contribution in [-0.2, 0) is 4.74 Å². The van der Waals surface area contributed by atoms with E-state index in [9.17, 15) is 4.39 Å². The summed E-state index contributed by atoms with van der Waals surface area (Å²) in [5.74, 6) is 0.612. The van der Waals surface area contributed by atoms with Crippen LogP contribution in [0.5, 0.6) is 0 Å². The third kappa shape index (κ3) is 3.04. The van der Waals surface area contributed by atoms with Crippen LogP contribution in [0.25, 0.3) is 0 Å². The standard InChI is InChI=1S/C13H14ClFN2OS/c14-9-5-10(15)7-11(6-9)16-12-17-13(8-19-12)1-3-18-4-2-13/h5-7H,1-4,8H2,(H,16,17). The Hall–Kier alpha value is -0.780. The van der Waals surface area contributed by atoms with E-state index < -0.39 is 0 Å². The van der Waals surface area contributed by atoms with E-state index in [2.05, 4.69) is 5.32 Å². The zero-order valence-corrected chi connectivity index (χ0v) is 11.9. The van der Waals surface area contributed by atoms with Gasteiger partial charge in [0.2, 0.25) is 0 Å². The van der Waals surface area contributed by atoms with Crippen LogP contribution in [0.4, 0.5) is 10.1 Å². The summed E-state index contributed by atoms with van der Waals surface area (Å²) in [6, 6.07) is 4.41. The predicted molar refractivity (Wildman–Crippen MR) is 77.7 cm³/mol. The number of aliphatic imine (C=N–C) groups is 1. The van der Waals surface area contributed by atoms with E-state index in [0.717, 1.165) is 37.0 Å². The molecule has 0 radical (unpaired) electrons. The molecule has 1 aromatic carbocycles. The zero-order valence-electron chi connectivity index (χ0n) is 10.3. The highest BCUT2D eigenvalue weighted by atomic mass is 35.5. The first kappa shape index (κ1) is 13.2. The lowest BCUT2D eigenvalue weighted by Crippen LogP contribution is -2.34. The smallest absolute Gasteiger partial charge is 0.161 e. The van der Waals surface area contributed by atoms with Crippen molar-refractivity contribution < 1.29 is 9.13 Å². The van der Waals surface area contributed by atoms with E-state index in [-0.39, 0.29) is 11.4 Å². The molecular weight excluding hydrogens is 287 g/mol. The van der Waals surface area contributed by atoms with Gasteiger partial charge in [0.05, 0.1) is 5.54 Å². The van der Waals surface area contributed by atoms with E-state index in [0.29, 0.717) is 10.7 Å². The Morgan fingerprint density at radius 1 is 1.32 bits per heavy atom. The van der Waals surface area contributed by atoms with Gasteiger partial charge in [-0.2, -0.15) is 0 Å². The summed E-state index contributed by atoms with van der Waals surface area (Å²) in [5, 5.41) is 4.36. The number of hydrogen-bond acceptors (Lipinski definition) is 4. The fraction of sp³-hybridized carbons (Fsp3) is 0.462. The quantitative estimate of drug-likeness (QED) is 0.861. The molecule has 2 heterocycles. The number of rotatable bonds is 1. The first-order valence-electron chi connectivity index (χ1n) is 6.19. The largest absolute Gasteiger partial charge is 0.381 e. The molecule has 1 aromatic rings. The van der Waals surface area contributed by atoms with Crippen LogP contribution in [0.1, 0.15) is 12.8 Å². The maximum atomic E-state index is 13.3. The normalized spacial score (nSPS) is 21.5. The molecule has 0 unspecified atom stereocenters. The number of amidine groups is 1. The van der Waals surface area contributed by atoms with Crippen LogP contribution in [-0.4, -0.2) is 29.7 Å². The lowest BCUT2D eigenvalue weighted by molar-refractivity contribution is 0.0624. The molecule has 3 nitrogen and oxygen atoms in total. The molecule has 2 aliphatic rings. The first-order chi connectivity index (χ1) is 9.15. The van der Waals surface area contributed by atoms with Crippen molar-refractivity contribution in [3.8, 4) is 0 Å². The highest BCUT2D eigenvalue weighted by molar-refractivity contribution is 8.14. The van der Waals surface area contributed by atoms with Crippen molar-refractivity contribution in [2.24, 2.45) is 4.99 Å². The van der Waals surface area contributed by atoms with Gasteiger partial charge in [-0.3, -0.25) is 4.99 Å². The Bertz CT molecular complexity index is 497. The van der Waals surface area contributed by atoms with Crippen molar-refractivity contribution >= 4 is 34.2 Å². The van der Waals surface area contributed by atoms with Gasteiger partial charge in [0.15, 0.2) is 5.17 Å². The minimum Gasteiger partial charge on any atom is -0.381 e. The predicted octanol–water partition coefficient (Wildman–Crippen LogP) is 3.54.